The van der Waals surface area contributed by atoms with Crippen molar-refractivity contribution in [2.45, 2.75) is 13.8 Å². The fourth-order valence-electron chi connectivity index (χ4n) is 2.15. The number of nitrogens with zero attached hydrogens (tertiary/aromatic N) is 2. The van der Waals surface area contributed by atoms with E-state index in [4.69, 9.17) is 4.74 Å². The standard InChI is InChI=1S/C17H16FN5O2/c1-10-16(11(2)23-22-10)21-17(24)20-13-5-8-15(19-9-13)25-14-6-3-12(18)4-7-14/h3-9H,1-2H3,(H,22,23)(H2,20,21,24). The van der Waals surface area contributed by atoms with E-state index in [1.807, 2.05) is 6.92 Å². The van der Waals surface area contributed by atoms with Gasteiger partial charge in [-0.2, -0.15) is 5.10 Å². The molecule has 0 saturated carbocycles. The van der Waals surface area contributed by atoms with Crippen LogP contribution in [0.3, 0.4) is 0 Å². The topological polar surface area (TPSA) is 91.9 Å². The second kappa shape index (κ2) is 7.00. The lowest BCUT2D eigenvalue weighted by molar-refractivity contribution is 0.262. The van der Waals surface area contributed by atoms with Gasteiger partial charge >= 0.3 is 6.03 Å². The number of pyridine rings is 1. The van der Waals surface area contributed by atoms with Crippen molar-refractivity contribution in [2.75, 3.05) is 10.6 Å². The average Bonchev–Trinajstić information content (AvgIpc) is 2.90. The third kappa shape index (κ3) is 4.11. The molecule has 2 aromatic heterocycles. The van der Waals surface area contributed by atoms with E-state index in [9.17, 15) is 9.18 Å². The summed E-state index contributed by atoms with van der Waals surface area (Å²) in [6.07, 6.45) is 1.47. The molecule has 0 saturated heterocycles. The fourth-order valence-corrected chi connectivity index (χ4v) is 2.15. The molecule has 0 unspecified atom stereocenters. The van der Waals surface area contributed by atoms with E-state index < -0.39 is 6.03 Å². The molecule has 0 aliphatic rings. The number of benzene rings is 1. The number of hydrogen-bond acceptors (Lipinski definition) is 4. The largest absolute Gasteiger partial charge is 0.439 e. The number of aryl methyl sites for hydroxylation is 2. The third-order valence-corrected chi connectivity index (χ3v) is 3.40. The summed E-state index contributed by atoms with van der Waals surface area (Å²) in [5.74, 6) is 0.464. The van der Waals surface area contributed by atoms with Crippen molar-refractivity contribution >= 4 is 17.4 Å². The number of hydrogen-bond donors (Lipinski definition) is 3. The van der Waals surface area contributed by atoms with Crippen molar-refractivity contribution in [1.82, 2.24) is 15.2 Å². The van der Waals surface area contributed by atoms with Crippen molar-refractivity contribution in [3.8, 4) is 11.6 Å². The number of aromatic nitrogens is 3. The number of urea groups is 1. The lowest BCUT2D eigenvalue weighted by atomic mass is 10.3. The first-order chi connectivity index (χ1) is 12.0. The van der Waals surface area contributed by atoms with E-state index in [2.05, 4.69) is 25.8 Å². The van der Waals surface area contributed by atoms with Gasteiger partial charge in [0, 0.05) is 6.07 Å². The third-order valence-electron chi connectivity index (χ3n) is 3.40. The molecule has 0 radical (unpaired) electrons. The SMILES string of the molecule is Cc1n[nH]c(C)c1NC(=O)Nc1ccc(Oc2ccc(F)cc2)nc1. The summed E-state index contributed by atoms with van der Waals surface area (Å²) in [6.45, 7) is 3.61. The van der Waals surface area contributed by atoms with E-state index in [-0.39, 0.29) is 5.82 Å². The first-order valence-corrected chi connectivity index (χ1v) is 7.50. The average molecular weight is 341 g/mol. The number of ether oxygens (including phenoxy) is 1. The fraction of sp³-hybridized carbons (Fsp3) is 0.118. The van der Waals surface area contributed by atoms with E-state index in [1.54, 1.807) is 19.1 Å². The molecule has 0 fully saturated rings. The molecule has 8 heteroatoms. The molecular weight excluding hydrogens is 325 g/mol. The highest BCUT2D eigenvalue weighted by Gasteiger charge is 2.10. The number of H-pyrrole nitrogens is 1. The maximum atomic E-state index is 12.9. The zero-order valence-corrected chi connectivity index (χ0v) is 13.6. The van der Waals surface area contributed by atoms with Crippen LogP contribution in [0.4, 0.5) is 20.6 Å². The molecule has 2 amide bonds. The number of halogens is 1. The predicted octanol–water partition coefficient (Wildman–Crippen LogP) is 4.00. The minimum atomic E-state index is -0.401. The molecule has 25 heavy (non-hydrogen) atoms. The molecule has 3 aromatic rings. The Labute approximate surface area is 143 Å². The Bertz CT molecular complexity index is 856. The Kier molecular flexibility index (Phi) is 4.60. The molecule has 128 valence electrons. The zero-order chi connectivity index (χ0) is 17.8. The van der Waals surface area contributed by atoms with Crippen LogP contribution >= 0.6 is 0 Å². The van der Waals surface area contributed by atoms with Gasteiger partial charge in [0.2, 0.25) is 5.88 Å². The van der Waals surface area contributed by atoms with Crippen LogP contribution in [0.1, 0.15) is 11.4 Å². The molecule has 7 nitrogen and oxygen atoms in total. The number of carbonyl (C=O) groups is 1. The Morgan fingerprint density at radius 1 is 1.12 bits per heavy atom. The molecule has 0 aliphatic heterocycles. The summed E-state index contributed by atoms with van der Waals surface area (Å²) in [4.78, 5) is 16.1. The van der Waals surface area contributed by atoms with Gasteiger partial charge in [-0.1, -0.05) is 0 Å². The summed E-state index contributed by atoms with van der Waals surface area (Å²) in [5, 5.41) is 12.2. The molecular formula is C17H16FN5O2. The number of aromatic amines is 1. The normalized spacial score (nSPS) is 10.4. The zero-order valence-electron chi connectivity index (χ0n) is 13.6. The Balaban J connectivity index is 1.60. The number of nitrogens with one attached hydrogen (secondary N) is 3. The van der Waals surface area contributed by atoms with Crippen molar-refractivity contribution in [1.29, 1.82) is 0 Å². The van der Waals surface area contributed by atoms with Crippen molar-refractivity contribution in [3.05, 3.63) is 59.8 Å². The number of amides is 2. The highest BCUT2D eigenvalue weighted by Crippen LogP contribution is 2.21. The van der Waals surface area contributed by atoms with Gasteiger partial charge in [-0.25, -0.2) is 14.2 Å². The lowest BCUT2D eigenvalue weighted by Crippen LogP contribution is -2.20. The van der Waals surface area contributed by atoms with Gasteiger partial charge < -0.3 is 15.4 Å². The van der Waals surface area contributed by atoms with Crippen LogP contribution in [0.15, 0.2) is 42.6 Å². The minimum absolute atomic E-state index is 0.332. The second-order valence-electron chi connectivity index (χ2n) is 5.33. The molecule has 0 bridgehead atoms. The van der Waals surface area contributed by atoms with Gasteiger partial charge in [0.15, 0.2) is 0 Å². The quantitative estimate of drug-likeness (QED) is 0.669. The van der Waals surface area contributed by atoms with Gasteiger partial charge in [-0.15, -0.1) is 0 Å². The molecule has 2 heterocycles. The minimum Gasteiger partial charge on any atom is -0.439 e. The number of rotatable bonds is 4. The maximum absolute atomic E-state index is 12.9. The smallest absolute Gasteiger partial charge is 0.323 e. The van der Waals surface area contributed by atoms with E-state index in [0.29, 0.717) is 28.7 Å². The molecule has 1 aromatic carbocycles. The molecule has 0 spiro atoms. The summed E-state index contributed by atoms with van der Waals surface area (Å²) >= 11 is 0. The van der Waals surface area contributed by atoms with Crippen molar-refractivity contribution in [2.24, 2.45) is 0 Å². The molecule has 3 rings (SSSR count). The van der Waals surface area contributed by atoms with Crippen LogP contribution in [0.2, 0.25) is 0 Å². The first-order valence-electron chi connectivity index (χ1n) is 7.50. The monoisotopic (exact) mass is 341 g/mol. The van der Waals surface area contributed by atoms with Gasteiger partial charge in [-0.05, 0) is 44.2 Å². The number of carbonyl (C=O) groups excluding carboxylic acids is 1. The molecule has 3 N–H and O–H groups in total. The molecule has 0 atom stereocenters. The summed E-state index contributed by atoms with van der Waals surface area (Å²) in [5.41, 5.74) is 2.62. The Hall–Kier alpha value is -3.42. The van der Waals surface area contributed by atoms with Crippen LogP contribution in [0, 0.1) is 19.7 Å². The van der Waals surface area contributed by atoms with E-state index in [0.717, 1.165) is 5.69 Å². The summed E-state index contributed by atoms with van der Waals surface area (Å²) < 4.78 is 18.4. The Morgan fingerprint density at radius 2 is 1.88 bits per heavy atom. The van der Waals surface area contributed by atoms with E-state index in [1.165, 1.54) is 30.5 Å². The summed E-state index contributed by atoms with van der Waals surface area (Å²) in [7, 11) is 0. The number of anilines is 2. The van der Waals surface area contributed by atoms with Crippen molar-refractivity contribution < 1.29 is 13.9 Å². The first kappa shape index (κ1) is 16.4. The van der Waals surface area contributed by atoms with Gasteiger partial charge in [0.1, 0.15) is 11.6 Å². The highest BCUT2D eigenvalue weighted by molar-refractivity contribution is 6.00. The van der Waals surface area contributed by atoms with Gasteiger partial charge in [0.05, 0.1) is 29.0 Å². The Morgan fingerprint density at radius 3 is 2.48 bits per heavy atom. The van der Waals surface area contributed by atoms with Crippen molar-refractivity contribution in [3.63, 3.8) is 0 Å². The maximum Gasteiger partial charge on any atom is 0.323 e. The summed E-state index contributed by atoms with van der Waals surface area (Å²) in [6, 6.07) is 8.47. The van der Waals surface area contributed by atoms with Crippen LogP contribution in [0.25, 0.3) is 0 Å². The van der Waals surface area contributed by atoms with Gasteiger partial charge in [0.25, 0.3) is 0 Å². The second-order valence-corrected chi connectivity index (χ2v) is 5.33. The lowest BCUT2D eigenvalue weighted by Gasteiger charge is -2.08. The van der Waals surface area contributed by atoms with Crippen LogP contribution in [-0.4, -0.2) is 21.2 Å². The van der Waals surface area contributed by atoms with Crippen LogP contribution in [0.5, 0.6) is 11.6 Å². The predicted molar refractivity (Wildman–Crippen MR) is 91.4 cm³/mol. The van der Waals surface area contributed by atoms with Crippen LogP contribution < -0.4 is 15.4 Å². The van der Waals surface area contributed by atoms with Gasteiger partial charge in [-0.3, -0.25) is 5.10 Å². The van der Waals surface area contributed by atoms with E-state index >= 15 is 0 Å². The highest BCUT2D eigenvalue weighted by atomic mass is 19.1. The molecule has 0 aliphatic carbocycles. The van der Waals surface area contributed by atoms with Crippen LogP contribution in [-0.2, 0) is 0 Å².